The summed E-state index contributed by atoms with van der Waals surface area (Å²) in [6.45, 7) is 1.04. The van der Waals surface area contributed by atoms with Crippen LogP contribution in [-0.4, -0.2) is 29.9 Å². The number of nitrogens with zero attached hydrogens (tertiary/aromatic N) is 2. The van der Waals surface area contributed by atoms with Gasteiger partial charge in [-0.3, -0.25) is 9.69 Å². The smallest absolute Gasteiger partial charge is 0.231 e. The van der Waals surface area contributed by atoms with E-state index in [-0.39, 0.29) is 18.5 Å². The molecule has 2 N–H and O–H groups in total. The second-order valence-corrected chi connectivity index (χ2v) is 3.08. The van der Waals surface area contributed by atoms with E-state index in [9.17, 15) is 4.79 Å². The molecule has 0 aromatic carbocycles. The van der Waals surface area contributed by atoms with Gasteiger partial charge in [-0.15, -0.1) is 0 Å². The van der Waals surface area contributed by atoms with Crippen LogP contribution in [0.4, 0.5) is 0 Å². The summed E-state index contributed by atoms with van der Waals surface area (Å²) in [7, 11) is 0. The molecule has 12 heavy (non-hydrogen) atoms. The van der Waals surface area contributed by atoms with Gasteiger partial charge in [-0.2, -0.15) is 5.26 Å². The van der Waals surface area contributed by atoms with E-state index in [2.05, 4.69) is 6.07 Å². The Balaban J connectivity index is 2.48. The van der Waals surface area contributed by atoms with E-state index in [1.807, 2.05) is 4.90 Å². The number of piperidine rings is 1. The number of primary amides is 1. The minimum absolute atomic E-state index is 0.105. The number of likely N-dealkylation sites (tertiary alicyclic amines) is 1. The van der Waals surface area contributed by atoms with Crippen molar-refractivity contribution >= 4 is 5.91 Å². The van der Waals surface area contributed by atoms with Crippen LogP contribution in [0.2, 0.25) is 0 Å². The van der Waals surface area contributed by atoms with E-state index in [4.69, 9.17) is 11.0 Å². The van der Waals surface area contributed by atoms with Crippen LogP contribution in [0.3, 0.4) is 0 Å². The van der Waals surface area contributed by atoms with Gasteiger partial charge in [-0.05, 0) is 25.8 Å². The van der Waals surface area contributed by atoms with Gasteiger partial charge in [0.25, 0.3) is 0 Å². The maximum atomic E-state index is 10.6. The van der Waals surface area contributed by atoms with E-state index in [0.29, 0.717) is 0 Å². The summed E-state index contributed by atoms with van der Waals surface area (Å²) in [5.74, 6) is -0.350. The number of amides is 1. The second-order valence-electron chi connectivity index (χ2n) is 3.08. The highest BCUT2D eigenvalue weighted by atomic mass is 16.1. The Morgan fingerprint density at radius 3 is 3.00 bits per heavy atom. The third-order valence-corrected chi connectivity index (χ3v) is 2.12. The first kappa shape index (κ1) is 9.01. The minimum atomic E-state index is -0.350. The van der Waals surface area contributed by atoms with Gasteiger partial charge in [0.2, 0.25) is 5.91 Å². The lowest BCUT2D eigenvalue weighted by Crippen LogP contribution is -2.43. The maximum Gasteiger partial charge on any atom is 0.231 e. The summed E-state index contributed by atoms with van der Waals surface area (Å²) in [5, 5.41) is 8.73. The van der Waals surface area contributed by atoms with E-state index >= 15 is 0 Å². The minimum Gasteiger partial charge on any atom is -0.369 e. The van der Waals surface area contributed by atoms with Crippen molar-refractivity contribution in [3.8, 4) is 6.07 Å². The first-order valence-electron chi connectivity index (χ1n) is 4.16. The highest BCUT2D eigenvalue weighted by molar-refractivity contribution is 5.76. The molecule has 1 fully saturated rings. The predicted octanol–water partition coefficient (Wildman–Crippen LogP) is -0.150. The highest BCUT2D eigenvalue weighted by Gasteiger charge is 2.22. The van der Waals surface area contributed by atoms with Gasteiger partial charge in [-0.1, -0.05) is 0 Å². The third-order valence-electron chi connectivity index (χ3n) is 2.12. The van der Waals surface area contributed by atoms with Crippen molar-refractivity contribution in [2.24, 2.45) is 5.73 Å². The van der Waals surface area contributed by atoms with Crippen molar-refractivity contribution in [3.05, 3.63) is 0 Å². The monoisotopic (exact) mass is 167 g/mol. The number of hydrogen-bond acceptors (Lipinski definition) is 3. The molecule has 1 amide bonds. The molecule has 0 aromatic rings. The Labute approximate surface area is 71.9 Å². The Morgan fingerprint density at radius 1 is 1.67 bits per heavy atom. The van der Waals surface area contributed by atoms with Gasteiger partial charge in [0, 0.05) is 0 Å². The molecular weight excluding hydrogens is 154 g/mol. The van der Waals surface area contributed by atoms with Crippen LogP contribution in [0, 0.1) is 11.3 Å². The van der Waals surface area contributed by atoms with E-state index in [1.54, 1.807) is 0 Å². The summed E-state index contributed by atoms with van der Waals surface area (Å²) >= 11 is 0. The fourth-order valence-corrected chi connectivity index (χ4v) is 1.53. The molecule has 1 unspecified atom stereocenters. The van der Waals surface area contributed by atoms with E-state index in [0.717, 1.165) is 25.8 Å². The third kappa shape index (κ3) is 2.21. The predicted molar refractivity (Wildman–Crippen MR) is 44.0 cm³/mol. The lowest BCUT2D eigenvalue weighted by molar-refractivity contribution is -0.119. The van der Waals surface area contributed by atoms with Crippen molar-refractivity contribution in [2.45, 2.75) is 25.3 Å². The average molecular weight is 167 g/mol. The zero-order valence-corrected chi connectivity index (χ0v) is 6.99. The maximum absolute atomic E-state index is 10.6. The van der Waals surface area contributed by atoms with Crippen molar-refractivity contribution in [3.63, 3.8) is 0 Å². The fraction of sp³-hybridized carbons (Fsp3) is 0.750. The van der Waals surface area contributed by atoms with Crippen LogP contribution in [0.25, 0.3) is 0 Å². The molecule has 0 aromatic heterocycles. The molecule has 0 radical (unpaired) electrons. The van der Waals surface area contributed by atoms with Crippen LogP contribution in [0.15, 0.2) is 0 Å². The number of nitriles is 1. The second kappa shape index (κ2) is 4.07. The largest absolute Gasteiger partial charge is 0.369 e. The summed E-state index contributed by atoms with van der Waals surface area (Å²) in [6.07, 6.45) is 3.00. The SMILES string of the molecule is N#CC1CCCCN1CC(N)=O. The quantitative estimate of drug-likeness (QED) is 0.621. The van der Waals surface area contributed by atoms with Crippen LogP contribution in [0.5, 0.6) is 0 Å². The van der Waals surface area contributed by atoms with E-state index in [1.165, 1.54) is 0 Å². The van der Waals surface area contributed by atoms with E-state index < -0.39 is 0 Å². The van der Waals surface area contributed by atoms with Crippen molar-refractivity contribution in [1.82, 2.24) is 4.90 Å². The molecule has 0 aliphatic carbocycles. The zero-order valence-electron chi connectivity index (χ0n) is 6.99. The number of carbonyl (C=O) groups is 1. The van der Waals surface area contributed by atoms with Crippen LogP contribution >= 0.6 is 0 Å². The summed E-state index contributed by atoms with van der Waals surface area (Å²) in [4.78, 5) is 12.5. The van der Waals surface area contributed by atoms with Gasteiger partial charge in [0.15, 0.2) is 0 Å². The van der Waals surface area contributed by atoms with Gasteiger partial charge in [0.1, 0.15) is 0 Å². The normalized spacial score (nSPS) is 24.8. The van der Waals surface area contributed by atoms with Crippen LogP contribution < -0.4 is 5.73 Å². The molecule has 1 rings (SSSR count). The molecule has 4 nitrogen and oxygen atoms in total. The topological polar surface area (TPSA) is 70.1 Å². The first-order valence-corrected chi connectivity index (χ1v) is 4.16. The van der Waals surface area contributed by atoms with Crippen molar-refractivity contribution in [1.29, 1.82) is 5.26 Å². The lowest BCUT2D eigenvalue weighted by atomic mass is 10.0. The molecule has 1 saturated heterocycles. The first-order chi connectivity index (χ1) is 5.74. The molecule has 1 aliphatic heterocycles. The molecule has 0 bridgehead atoms. The summed E-state index contributed by atoms with van der Waals surface area (Å²) in [6, 6.07) is 2.07. The Hall–Kier alpha value is -1.08. The standard InChI is InChI=1S/C8H13N3O/c9-5-7-3-1-2-4-11(7)6-8(10)12/h7H,1-4,6H2,(H2,10,12). The molecule has 0 saturated carbocycles. The highest BCUT2D eigenvalue weighted by Crippen LogP contribution is 2.15. The van der Waals surface area contributed by atoms with Gasteiger partial charge < -0.3 is 5.73 Å². The fourth-order valence-electron chi connectivity index (χ4n) is 1.53. The van der Waals surface area contributed by atoms with Gasteiger partial charge >= 0.3 is 0 Å². The van der Waals surface area contributed by atoms with Crippen LogP contribution in [-0.2, 0) is 4.79 Å². The summed E-state index contributed by atoms with van der Waals surface area (Å²) in [5.41, 5.74) is 5.05. The van der Waals surface area contributed by atoms with Gasteiger partial charge in [-0.25, -0.2) is 0 Å². The Bertz CT molecular complexity index is 209. The molecule has 1 heterocycles. The average Bonchev–Trinajstić information content (AvgIpc) is 2.04. The Kier molecular flexibility index (Phi) is 3.06. The van der Waals surface area contributed by atoms with Crippen molar-refractivity contribution < 1.29 is 4.79 Å². The Morgan fingerprint density at radius 2 is 2.42 bits per heavy atom. The molecular formula is C8H13N3O. The lowest BCUT2D eigenvalue weighted by Gasteiger charge is -2.29. The van der Waals surface area contributed by atoms with Crippen LogP contribution in [0.1, 0.15) is 19.3 Å². The number of hydrogen-bond donors (Lipinski definition) is 1. The molecule has 1 atom stereocenters. The molecule has 4 heteroatoms. The number of nitrogens with two attached hydrogens (primary N) is 1. The number of rotatable bonds is 2. The molecule has 66 valence electrons. The summed E-state index contributed by atoms with van der Waals surface area (Å²) < 4.78 is 0. The van der Waals surface area contributed by atoms with Crippen molar-refractivity contribution in [2.75, 3.05) is 13.1 Å². The zero-order chi connectivity index (χ0) is 8.97. The number of carbonyl (C=O) groups excluding carboxylic acids is 1. The molecule has 1 aliphatic rings. The van der Waals surface area contributed by atoms with Gasteiger partial charge in [0.05, 0.1) is 18.7 Å². The molecule has 0 spiro atoms.